The van der Waals surface area contributed by atoms with E-state index in [9.17, 15) is 18.0 Å². The number of para-hydroxylation sites is 1. The Kier molecular flexibility index (Phi) is 5.86. The molecule has 0 aromatic heterocycles. The first-order chi connectivity index (χ1) is 10.8. The minimum Gasteiger partial charge on any atom is -0.324 e. The van der Waals surface area contributed by atoms with Gasteiger partial charge in [-0.1, -0.05) is 74.3 Å². The van der Waals surface area contributed by atoms with Crippen molar-refractivity contribution in [1.82, 2.24) is 0 Å². The van der Waals surface area contributed by atoms with E-state index in [1.807, 2.05) is 30.3 Å². The van der Waals surface area contributed by atoms with Gasteiger partial charge in [-0.15, -0.1) is 0 Å². The quantitative estimate of drug-likeness (QED) is 0.608. The van der Waals surface area contributed by atoms with Gasteiger partial charge in [0.1, 0.15) is 4.83 Å². The van der Waals surface area contributed by atoms with Crippen LogP contribution >= 0.6 is 31.9 Å². The van der Waals surface area contributed by atoms with Gasteiger partial charge >= 0.3 is 6.18 Å². The second-order valence-corrected chi connectivity index (χ2v) is 6.72. The van der Waals surface area contributed by atoms with E-state index in [1.54, 1.807) is 0 Å². The van der Waals surface area contributed by atoms with Crippen LogP contribution in [0.1, 0.15) is 16.0 Å². The number of benzene rings is 2. The number of rotatable bonds is 4. The van der Waals surface area contributed by atoms with E-state index in [2.05, 4.69) is 37.2 Å². The lowest BCUT2D eigenvalue weighted by Crippen LogP contribution is -2.27. The van der Waals surface area contributed by atoms with Gasteiger partial charge in [-0.2, -0.15) is 13.2 Å². The number of carbonyl (C=O) groups is 1. The van der Waals surface area contributed by atoms with E-state index >= 15 is 0 Å². The molecule has 0 heterocycles. The zero-order valence-electron chi connectivity index (χ0n) is 11.6. The summed E-state index contributed by atoms with van der Waals surface area (Å²) < 4.78 is 38.9. The van der Waals surface area contributed by atoms with Gasteiger partial charge in [-0.25, -0.2) is 0 Å². The summed E-state index contributed by atoms with van der Waals surface area (Å²) in [5.41, 5.74) is -0.297. The lowest BCUT2D eigenvalue weighted by molar-refractivity contribution is -0.137. The van der Waals surface area contributed by atoms with Gasteiger partial charge in [-0.3, -0.25) is 4.79 Å². The summed E-state index contributed by atoms with van der Waals surface area (Å²) in [4.78, 5) is 11.1. The van der Waals surface area contributed by atoms with E-state index in [1.165, 1.54) is 18.2 Å². The Hall–Kier alpha value is -1.34. The average Bonchev–Trinajstić information content (AvgIpc) is 2.53. The van der Waals surface area contributed by atoms with E-state index in [4.69, 9.17) is 0 Å². The highest BCUT2D eigenvalue weighted by Gasteiger charge is 2.34. The lowest BCUT2D eigenvalue weighted by atomic mass is 10.1. The molecule has 0 saturated carbocycles. The topological polar surface area (TPSA) is 29.1 Å². The maximum Gasteiger partial charge on any atom is 0.418 e. The SMILES string of the molecule is O=C(Nc1ccccc1C(F)(F)F)C(Br)C(Br)c1ccccc1. The molecule has 1 amide bonds. The fourth-order valence-corrected chi connectivity index (χ4v) is 2.94. The van der Waals surface area contributed by atoms with Gasteiger partial charge in [0.15, 0.2) is 0 Å². The van der Waals surface area contributed by atoms with Gasteiger partial charge < -0.3 is 5.32 Å². The van der Waals surface area contributed by atoms with Crippen molar-refractivity contribution in [2.24, 2.45) is 0 Å². The number of hydrogen-bond donors (Lipinski definition) is 1. The van der Waals surface area contributed by atoms with Crippen LogP contribution in [-0.2, 0) is 11.0 Å². The van der Waals surface area contributed by atoms with Crippen molar-refractivity contribution in [3.05, 3.63) is 65.7 Å². The molecule has 2 unspecified atom stereocenters. The Balaban J connectivity index is 2.17. The van der Waals surface area contributed by atoms with Crippen LogP contribution in [0.15, 0.2) is 54.6 Å². The molecule has 2 rings (SSSR count). The number of carbonyl (C=O) groups excluding carboxylic acids is 1. The largest absolute Gasteiger partial charge is 0.418 e. The van der Waals surface area contributed by atoms with Crippen LogP contribution in [0.3, 0.4) is 0 Å². The molecule has 2 atom stereocenters. The number of anilines is 1. The van der Waals surface area contributed by atoms with Crippen molar-refractivity contribution in [2.75, 3.05) is 5.32 Å². The third kappa shape index (κ3) is 4.57. The van der Waals surface area contributed by atoms with Crippen molar-refractivity contribution in [3.63, 3.8) is 0 Å². The van der Waals surface area contributed by atoms with Gasteiger partial charge in [-0.05, 0) is 17.7 Å². The maximum atomic E-state index is 13.0. The summed E-state index contributed by atoms with van der Waals surface area (Å²) in [6.07, 6.45) is -4.53. The third-order valence-corrected chi connectivity index (χ3v) is 5.83. The first-order valence-corrected chi connectivity index (χ1v) is 8.44. The van der Waals surface area contributed by atoms with E-state index in [0.29, 0.717) is 0 Å². The zero-order valence-corrected chi connectivity index (χ0v) is 14.8. The second kappa shape index (κ2) is 7.49. The fraction of sp³-hybridized carbons (Fsp3) is 0.188. The molecule has 0 bridgehead atoms. The van der Waals surface area contributed by atoms with E-state index in [0.717, 1.165) is 11.6 Å². The highest BCUT2D eigenvalue weighted by molar-refractivity contribution is 9.12. The molecule has 0 aliphatic heterocycles. The molecule has 1 N–H and O–H groups in total. The second-order valence-electron chi connectivity index (χ2n) is 4.75. The van der Waals surface area contributed by atoms with Crippen LogP contribution < -0.4 is 5.32 Å². The predicted molar refractivity (Wildman–Crippen MR) is 90.9 cm³/mol. The summed E-state index contributed by atoms with van der Waals surface area (Å²) in [6, 6.07) is 14.0. The highest BCUT2D eigenvalue weighted by Crippen LogP contribution is 2.36. The Labute approximate surface area is 148 Å². The summed E-state index contributed by atoms with van der Waals surface area (Å²) in [5, 5.41) is 2.33. The Morgan fingerprint density at radius 2 is 1.52 bits per heavy atom. The molecular weight excluding hydrogens is 439 g/mol. The first-order valence-electron chi connectivity index (χ1n) is 6.61. The molecule has 7 heteroatoms. The van der Waals surface area contributed by atoms with E-state index in [-0.39, 0.29) is 10.5 Å². The molecule has 2 aromatic carbocycles. The summed E-state index contributed by atoms with van der Waals surface area (Å²) in [6.45, 7) is 0. The zero-order chi connectivity index (χ0) is 17.0. The van der Waals surface area contributed by atoms with Crippen molar-refractivity contribution in [3.8, 4) is 0 Å². The Morgan fingerprint density at radius 1 is 0.957 bits per heavy atom. The van der Waals surface area contributed by atoms with Crippen LogP contribution in [0.4, 0.5) is 18.9 Å². The van der Waals surface area contributed by atoms with Crippen LogP contribution in [0.25, 0.3) is 0 Å². The molecule has 0 fully saturated rings. The first kappa shape index (κ1) is 18.0. The molecule has 2 aromatic rings. The van der Waals surface area contributed by atoms with Crippen LogP contribution in [0.2, 0.25) is 0 Å². The molecule has 23 heavy (non-hydrogen) atoms. The monoisotopic (exact) mass is 449 g/mol. The van der Waals surface area contributed by atoms with Gasteiger partial charge in [0.25, 0.3) is 0 Å². The highest BCUT2D eigenvalue weighted by atomic mass is 79.9. The molecule has 0 spiro atoms. The number of amides is 1. The van der Waals surface area contributed by atoms with Crippen LogP contribution in [0, 0.1) is 0 Å². The van der Waals surface area contributed by atoms with Gasteiger partial charge in [0, 0.05) is 0 Å². The van der Waals surface area contributed by atoms with Crippen molar-refractivity contribution < 1.29 is 18.0 Å². The normalized spacial score (nSPS) is 14.1. The molecule has 0 saturated heterocycles. The van der Waals surface area contributed by atoms with Crippen molar-refractivity contribution >= 4 is 43.5 Å². The smallest absolute Gasteiger partial charge is 0.324 e. The molecule has 0 aliphatic carbocycles. The molecule has 2 nitrogen and oxygen atoms in total. The Morgan fingerprint density at radius 3 is 2.13 bits per heavy atom. The van der Waals surface area contributed by atoms with Crippen molar-refractivity contribution in [2.45, 2.75) is 15.8 Å². The van der Waals surface area contributed by atoms with E-state index < -0.39 is 22.5 Å². The van der Waals surface area contributed by atoms with Gasteiger partial charge in [0.2, 0.25) is 5.91 Å². The summed E-state index contributed by atoms with van der Waals surface area (Å²) in [5.74, 6) is -0.563. The molecule has 0 aliphatic rings. The average molecular weight is 451 g/mol. The lowest BCUT2D eigenvalue weighted by Gasteiger charge is -2.19. The number of nitrogens with one attached hydrogen (secondary N) is 1. The minimum atomic E-state index is -4.53. The van der Waals surface area contributed by atoms with Crippen LogP contribution in [0.5, 0.6) is 0 Å². The molecule has 0 radical (unpaired) electrons. The van der Waals surface area contributed by atoms with Gasteiger partial charge in [0.05, 0.1) is 16.1 Å². The summed E-state index contributed by atoms with van der Waals surface area (Å²) in [7, 11) is 0. The minimum absolute atomic E-state index is 0.262. The fourth-order valence-electron chi connectivity index (χ4n) is 1.98. The Bertz CT molecular complexity index is 677. The number of alkyl halides is 5. The van der Waals surface area contributed by atoms with Crippen LogP contribution in [-0.4, -0.2) is 10.7 Å². The molecule has 122 valence electrons. The predicted octanol–water partition coefficient (Wildman–Crippen LogP) is 5.54. The standard InChI is InChI=1S/C16H12Br2F3NO/c17-13(10-6-2-1-3-7-10)14(18)15(23)22-12-9-5-4-8-11(12)16(19,20)21/h1-9,13-14H,(H,22,23). The number of halogens is 5. The summed E-state index contributed by atoms with van der Waals surface area (Å²) >= 11 is 6.63. The number of hydrogen-bond acceptors (Lipinski definition) is 1. The van der Waals surface area contributed by atoms with Crippen molar-refractivity contribution in [1.29, 1.82) is 0 Å². The third-order valence-electron chi connectivity index (χ3n) is 3.12. The molecular formula is C16H12Br2F3NO. The maximum absolute atomic E-state index is 13.0.